The van der Waals surface area contributed by atoms with Gasteiger partial charge in [0, 0.05) is 25.3 Å². The number of likely N-dealkylation sites (N-methyl/N-ethyl adjacent to an activating group) is 1. The van der Waals surface area contributed by atoms with Crippen molar-refractivity contribution < 1.29 is 9.18 Å². The van der Waals surface area contributed by atoms with Gasteiger partial charge in [-0.3, -0.25) is 10.1 Å². The summed E-state index contributed by atoms with van der Waals surface area (Å²) in [6, 6.07) is 6.57. The molecular weight excluding hydrogens is 245 g/mol. The molecule has 1 aliphatic carbocycles. The van der Waals surface area contributed by atoms with E-state index < -0.39 is 5.54 Å². The van der Waals surface area contributed by atoms with Gasteiger partial charge in [0.05, 0.1) is 0 Å². The van der Waals surface area contributed by atoms with Gasteiger partial charge >= 0.3 is 0 Å². The lowest BCUT2D eigenvalue weighted by atomic mass is 10.0. The molecule has 1 fully saturated rings. The van der Waals surface area contributed by atoms with Crippen molar-refractivity contribution in [3.05, 3.63) is 30.1 Å². The normalized spacial score (nSPS) is 17.8. The fourth-order valence-electron chi connectivity index (χ4n) is 2.13. The summed E-state index contributed by atoms with van der Waals surface area (Å²) >= 11 is 0. The van der Waals surface area contributed by atoms with Crippen LogP contribution in [0.4, 0.5) is 10.1 Å². The third-order valence-corrected chi connectivity index (χ3v) is 3.46. The lowest BCUT2D eigenvalue weighted by Crippen LogP contribution is -2.59. The molecule has 1 atom stereocenters. The number of halogens is 1. The highest BCUT2D eigenvalue weighted by Gasteiger charge is 2.37. The second-order valence-electron chi connectivity index (χ2n) is 5.45. The molecule has 1 amide bonds. The molecule has 1 aromatic rings. The Hall–Kier alpha value is -1.62. The molecule has 5 heteroatoms. The third kappa shape index (κ3) is 3.44. The zero-order valence-corrected chi connectivity index (χ0v) is 11.3. The molecule has 0 saturated heterocycles. The van der Waals surface area contributed by atoms with Crippen LogP contribution in [-0.4, -0.2) is 31.1 Å². The zero-order valence-electron chi connectivity index (χ0n) is 11.3. The number of nitrogens with zero attached hydrogens (tertiary/aromatic N) is 1. The highest BCUT2D eigenvalue weighted by atomic mass is 19.1. The summed E-state index contributed by atoms with van der Waals surface area (Å²) in [6.45, 7) is 2.26. The van der Waals surface area contributed by atoms with Gasteiger partial charge in [-0.05, 0) is 44.0 Å². The Kier molecular flexibility index (Phi) is 3.75. The first-order chi connectivity index (χ1) is 8.90. The van der Waals surface area contributed by atoms with Crippen molar-refractivity contribution in [3.63, 3.8) is 0 Å². The summed E-state index contributed by atoms with van der Waals surface area (Å²) in [4.78, 5) is 13.6. The maximum Gasteiger partial charge on any atom is 0.239 e. The average Bonchev–Trinajstić information content (AvgIpc) is 3.13. The van der Waals surface area contributed by atoms with Crippen molar-refractivity contribution in [2.75, 3.05) is 18.5 Å². The molecule has 0 heterocycles. The minimum absolute atomic E-state index is 0.272. The van der Waals surface area contributed by atoms with E-state index in [1.807, 2.05) is 18.9 Å². The van der Waals surface area contributed by atoms with E-state index in [-0.39, 0.29) is 11.7 Å². The number of primary amides is 1. The molecule has 19 heavy (non-hydrogen) atoms. The van der Waals surface area contributed by atoms with E-state index >= 15 is 0 Å². The number of carbonyl (C=O) groups excluding carboxylic acids is 1. The van der Waals surface area contributed by atoms with Gasteiger partial charge in [0.2, 0.25) is 5.91 Å². The summed E-state index contributed by atoms with van der Waals surface area (Å²) in [6.07, 6.45) is 2.17. The monoisotopic (exact) mass is 265 g/mol. The lowest BCUT2D eigenvalue weighted by molar-refractivity contribution is -0.123. The summed E-state index contributed by atoms with van der Waals surface area (Å²) in [5.41, 5.74) is 5.59. The van der Waals surface area contributed by atoms with Crippen LogP contribution in [0.2, 0.25) is 0 Å². The van der Waals surface area contributed by atoms with Crippen LogP contribution >= 0.6 is 0 Å². The van der Waals surface area contributed by atoms with Gasteiger partial charge in [-0.2, -0.15) is 0 Å². The molecule has 4 nitrogen and oxygen atoms in total. The molecule has 0 bridgehead atoms. The molecule has 0 aliphatic heterocycles. The third-order valence-electron chi connectivity index (χ3n) is 3.46. The molecular formula is C14H20FN3O. The molecule has 0 aromatic heterocycles. The van der Waals surface area contributed by atoms with Crippen molar-refractivity contribution in [1.82, 2.24) is 5.32 Å². The Morgan fingerprint density at radius 2 is 2.05 bits per heavy atom. The number of benzene rings is 1. The summed E-state index contributed by atoms with van der Waals surface area (Å²) in [5.74, 6) is -0.640. The lowest BCUT2D eigenvalue weighted by Gasteiger charge is -2.33. The van der Waals surface area contributed by atoms with Crippen LogP contribution in [0.5, 0.6) is 0 Å². The first-order valence-electron chi connectivity index (χ1n) is 6.45. The Morgan fingerprint density at radius 3 is 2.53 bits per heavy atom. The van der Waals surface area contributed by atoms with E-state index in [0.717, 1.165) is 18.5 Å². The maximum absolute atomic E-state index is 12.9. The highest BCUT2D eigenvalue weighted by Crippen LogP contribution is 2.24. The second-order valence-corrected chi connectivity index (χ2v) is 5.45. The highest BCUT2D eigenvalue weighted by molar-refractivity contribution is 5.85. The summed E-state index contributed by atoms with van der Waals surface area (Å²) in [5, 5.41) is 3.29. The quantitative estimate of drug-likeness (QED) is 0.814. The van der Waals surface area contributed by atoms with Crippen LogP contribution in [-0.2, 0) is 4.79 Å². The van der Waals surface area contributed by atoms with Gasteiger partial charge in [0.1, 0.15) is 11.4 Å². The van der Waals surface area contributed by atoms with E-state index in [1.54, 1.807) is 12.1 Å². The summed E-state index contributed by atoms with van der Waals surface area (Å²) < 4.78 is 12.9. The van der Waals surface area contributed by atoms with Crippen LogP contribution in [0.25, 0.3) is 0 Å². The Labute approximate surface area is 112 Å². The van der Waals surface area contributed by atoms with Crippen LogP contribution in [0.1, 0.15) is 19.8 Å². The van der Waals surface area contributed by atoms with Crippen molar-refractivity contribution in [1.29, 1.82) is 0 Å². The van der Waals surface area contributed by atoms with Crippen molar-refractivity contribution in [2.24, 2.45) is 5.73 Å². The number of amides is 1. The van der Waals surface area contributed by atoms with E-state index in [4.69, 9.17) is 5.73 Å². The molecule has 1 unspecified atom stereocenters. The summed E-state index contributed by atoms with van der Waals surface area (Å²) in [7, 11) is 1.86. The minimum Gasteiger partial charge on any atom is -0.372 e. The SMILES string of the molecule is CN(CC(C)(NC1CC1)C(N)=O)c1ccc(F)cc1. The van der Waals surface area contributed by atoms with Crippen LogP contribution in [0, 0.1) is 5.82 Å². The first-order valence-corrected chi connectivity index (χ1v) is 6.45. The Balaban J connectivity index is 2.07. The van der Waals surface area contributed by atoms with Gasteiger partial charge in [0.15, 0.2) is 0 Å². The van der Waals surface area contributed by atoms with E-state index in [2.05, 4.69) is 5.32 Å². The molecule has 1 aliphatic rings. The Morgan fingerprint density at radius 1 is 1.47 bits per heavy atom. The van der Waals surface area contributed by atoms with E-state index in [1.165, 1.54) is 12.1 Å². The van der Waals surface area contributed by atoms with E-state index in [9.17, 15) is 9.18 Å². The van der Waals surface area contributed by atoms with Gasteiger partial charge in [-0.1, -0.05) is 0 Å². The average molecular weight is 265 g/mol. The van der Waals surface area contributed by atoms with Crippen LogP contribution in [0.3, 0.4) is 0 Å². The van der Waals surface area contributed by atoms with Gasteiger partial charge < -0.3 is 10.6 Å². The number of hydrogen-bond acceptors (Lipinski definition) is 3. The fraction of sp³-hybridized carbons (Fsp3) is 0.500. The predicted molar refractivity (Wildman–Crippen MR) is 73.4 cm³/mol. The molecule has 0 spiro atoms. The molecule has 1 aromatic carbocycles. The van der Waals surface area contributed by atoms with Crippen molar-refractivity contribution >= 4 is 11.6 Å². The molecule has 104 valence electrons. The smallest absolute Gasteiger partial charge is 0.239 e. The van der Waals surface area contributed by atoms with Gasteiger partial charge in [-0.25, -0.2) is 4.39 Å². The van der Waals surface area contributed by atoms with E-state index in [0.29, 0.717) is 12.6 Å². The maximum atomic E-state index is 12.9. The van der Waals surface area contributed by atoms with Crippen LogP contribution < -0.4 is 16.0 Å². The molecule has 3 N–H and O–H groups in total. The standard InChI is InChI=1S/C14H20FN3O/c1-14(13(16)19,17-11-5-6-11)9-18(2)12-7-3-10(15)4-8-12/h3-4,7-8,11,17H,5-6,9H2,1-2H3,(H2,16,19). The molecule has 0 radical (unpaired) electrons. The number of hydrogen-bond donors (Lipinski definition) is 2. The number of anilines is 1. The second kappa shape index (κ2) is 5.17. The Bertz CT molecular complexity index is 458. The largest absolute Gasteiger partial charge is 0.372 e. The zero-order chi connectivity index (χ0) is 14.0. The van der Waals surface area contributed by atoms with Crippen molar-refractivity contribution in [2.45, 2.75) is 31.3 Å². The predicted octanol–water partition coefficient (Wildman–Crippen LogP) is 1.26. The number of nitrogens with one attached hydrogen (secondary N) is 1. The topological polar surface area (TPSA) is 58.4 Å². The first kappa shape index (κ1) is 13.8. The number of nitrogens with two attached hydrogens (primary N) is 1. The number of rotatable bonds is 6. The molecule has 2 rings (SSSR count). The number of carbonyl (C=O) groups is 1. The van der Waals surface area contributed by atoms with Gasteiger partial charge in [-0.15, -0.1) is 0 Å². The molecule has 1 saturated carbocycles. The van der Waals surface area contributed by atoms with Crippen molar-refractivity contribution in [3.8, 4) is 0 Å². The minimum atomic E-state index is -0.774. The van der Waals surface area contributed by atoms with Crippen LogP contribution in [0.15, 0.2) is 24.3 Å². The fourth-order valence-corrected chi connectivity index (χ4v) is 2.13. The van der Waals surface area contributed by atoms with Gasteiger partial charge in [0.25, 0.3) is 0 Å².